The van der Waals surface area contributed by atoms with Crippen molar-refractivity contribution >= 4 is 18.5 Å². The Bertz CT molecular complexity index is 888. The summed E-state index contributed by atoms with van der Waals surface area (Å²) in [7, 11) is 0. The fraction of sp³-hybridized carbons (Fsp3) is 0.855. The third-order valence-electron chi connectivity index (χ3n) is 12.4. The van der Waals surface area contributed by atoms with Crippen molar-refractivity contribution in [3.8, 4) is 0 Å². The molecule has 0 saturated heterocycles. The molecule has 0 aromatic carbocycles. The second-order valence-corrected chi connectivity index (χ2v) is 20.8. The number of nitrogens with two attached hydrogens (primary N) is 3. The fourth-order valence-electron chi connectivity index (χ4n) is 7.73. The van der Waals surface area contributed by atoms with E-state index in [9.17, 15) is 14.4 Å². The average Bonchev–Trinajstić information content (AvgIpc) is 3.41. The molecule has 0 saturated carbocycles. The molecule has 0 heterocycles. The molecule has 0 amide bonds. The summed E-state index contributed by atoms with van der Waals surface area (Å²) in [6, 6.07) is 0. The number of aldehydes is 2. The quantitative estimate of drug-likeness (QED) is 0.0269. The number of unbranched alkanes of at least 4 members (excludes halogenated alkanes) is 23. The standard InChI is InChI=1S/C13H28.C13H27.C12H24NO2.C11H22NO.C10H21NO.2C3H7.2C2H5.4Y/c2*1-4-6-8-9-10-12-13(3)11-7-5-2;1-11(8-6-9-12(14)15)7-4-2-3-5-10-13;1-11(8-4-6-10-13)7-3-2-5-9-12;11-9-7-5-3-1-2-4-6-8-10-12;2*1-3-2;2*1-2;;;;/h13H,4-12H2,1-3H3;13H,3-12H2,1-2H3;11H,1-10,13H2,(H,14,15);10-11H,1-9,12H2;10H,1-9,11H2;2*3H,1-2H3;2*1H2,2H3;;;;/q;3*-1;;4*-1;;;;. The summed E-state index contributed by atoms with van der Waals surface area (Å²) in [6.45, 7) is 44.2. The molecule has 11 heteroatoms. The van der Waals surface area contributed by atoms with Crippen LogP contribution in [0, 0.1) is 71.1 Å². The van der Waals surface area contributed by atoms with Crippen LogP contribution in [0.25, 0.3) is 0 Å². The molecule has 0 bridgehead atoms. The molecule has 0 aliphatic rings. The summed E-state index contributed by atoms with van der Waals surface area (Å²) in [5, 5.41) is 8.47. The summed E-state index contributed by atoms with van der Waals surface area (Å²) >= 11 is 0. The number of carbonyl (C=O) groups excluding carboxylic acids is 2. The topological polar surface area (TPSA) is 150 Å². The van der Waals surface area contributed by atoms with E-state index in [0.717, 1.165) is 108 Å². The van der Waals surface area contributed by atoms with Gasteiger partial charge >= 0.3 is 5.97 Å². The molecule has 0 aliphatic heterocycles. The molecule has 0 rings (SSSR count). The maximum Gasteiger partial charge on any atom is 0.303 e. The first-order valence-corrected chi connectivity index (χ1v) is 32.4. The number of carboxylic acids is 1. The number of carboxylic acid groups (broad SMARTS) is 1. The molecule has 4 unspecified atom stereocenters. The van der Waals surface area contributed by atoms with E-state index in [2.05, 4.69) is 69.2 Å². The Kier molecular flexibility index (Phi) is 176. The van der Waals surface area contributed by atoms with Gasteiger partial charge in [-0.25, -0.2) is 0 Å². The van der Waals surface area contributed by atoms with Gasteiger partial charge in [0.15, 0.2) is 0 Å². The van der Waals surface area contributed by atoms with Gasteiger partial charge in [0.05, 0.1) is 0 Å². The molecule has 7 nitrogen and oxygen atoms in total. The first-order valence-electron chi connectivity index (χ1n) is 32.4. The molecule has 4 radical (unpaired) electrons. The van der Waals surface area contributed by atoms with Crippen molar-refractivity contribution in [1.82, 2.24) is 0 Å². The third kappa shape index (κ3) is 154. The van der Waals surface area contributed by atoms with E-state index in [0.29, 0.717) is 18.3 Å². The minimum atomic E-state index is -0.704. The van der Waals surface area contributed by atoms with Crippen molar-refractivity contribution in [2.45, 2.75) is 339 Å². The number of carbonyl (C=O) groups is 3. The fourth-order valence-corrected chi connectivity index (χ4v) is 7.73. The van der Waals surface area contributed by atoms with Gasteiger partial charge in [-0.05, 0) is 64.1 Å². The van der Waals surface area contributed by atoms with Crippen LogP contribution in [0.3, 0.4) is 0 Å². The molecular weight excluding hydrogens is 1290 g/mol. The number of rotatable bonds is 46. The van der Waals surface area contributed by atoms with Crippen LogP contribution in [0.4, 0.5) is 0 Å². The number of hydrogen-bond acceptors (Lipinski definition) is 6. The maximum absolute atomic E-state index is 10.3. The third-order valence-corrected chi connectivity index (χ3v) is 12.4. The Balaban J connectivity index is -0.0000000604. The minimum Gasteiger partial charge on any atom is -0.481 e. The van der Waals surface area contributed by atoms with Crippen molar-refractivity contribution in [2.24, 2.45) is 40.9 Å². The van der Waals surface area contributed by atoms with Crippen LogP contribution in [-0.2, 0) is 145 Å². The van der Waals surface area contributed by atoms with E-state index in [1.807, 2.05) is 40.5 Å². The van der Waals surface area contributed by atoms with Crippen LogP contribution in [0.5, 0.6) is 0 Å². The van der Waals surface area contributed by atoms with Gasteiger partial charge < -0.3 is 79.4 Å². The molecule has 7 N–H and O–H groups in total. The Morgan fingerprint density at radius 2 is 0.613 bits per heavy atom. The van der Waals surface area contributed by atoms with Crippen molar-refractivity contribution in [3.05, 3.63) is 47.5 Å². The smallest absolute Gasteiger partial charge is 0.303 e. The molecule has 0 fully saturated rings. The first-order chi connectivity index (χ1) is 36.8. The normalized spacial score (nSPS) is 10.8. The van der Waals surface area contributed by atoms with Crippen molar-refractivity contribution in [2.75, 3.05) is 19.6 Å². The Hall–Kier alpha value is 3.11. The Morgan fingerprint density at radius 1 is 0.388 bits per heavy atom. The maximum atomic E-state index is 10.3. The molecule has 0 aliphatic carbocycles. The monoisotopic (exact) mass is 1440 g/mol. The zero-order valence-electron chi connectivity index (χ0n) is 56.5. The van der Waals surface area contributed by atoms with Crippen LogP contribution >= 0.6 is 0 Å². The van der Waals surface area contributed by atoms with Crippen molar-refractivity contribution < 1.29 is 150 Å². The number of aliphatic carboxylic acids is 1. The van der Waals surface area contributed by atoms with Crippen LogP contribution in [0.1, 0.15) is 339 Å². The van der Waals surface area contributed by atoms with Gasteiger partial charge in [0.25, 0.3) is 0 Å². The largest absolute Gasteiger partial charge is 0.481 e. The molecule has 80 heavy (non-hydrogen) atoms. The van der Waals surface area contributed by atoms with E-state index >= 15 is 0 Å². The van der Waals surface area contributed by atoms with Crippen LogP contribution < -0.4 is 17.2 Å². The Labute approximate surface area is 608 Å². The SMILES string of the molecule is CCCCCCCC(C)CCCC.C[CH-]C.C[CH-]C.NCCCCCCCCCC=O.[CH2-]C.[CH2-]C.[CH2-]C(CCCC)CCCCCCC.[CH2-]C(CCCC=O)CCCCCN.[CH2-]C(CCCCCCN)CCCC(=O)O.[Y].[Y].[Y].[Y]. The molecular formula is C69H146N3O4Y4-7. The van der Waals surface area contributed by atoms with E-state index in [-0.39, 0.29) is 137 Å². The summed E-state index contributed by atoms with van der Waals surface area (Å²) in [5.74, 6) is 1.94. The molecule has 4 atom stereocenters. The molecule has 0 aromatic rings. The van der Waals surface area contributed by atoms with Crippen molar-refractivity contribution in [3.63, 3.8) is 0 Å². The predicted molar refractivity (Wildman–Crippen MR) is 348 cm³/mol. The predicted octanol–water partition coefficient (Wildman–Crippen LogP) is 21.5. The van der Waals surface area contributed by atoms with Gasteiger partial charge in [-0.15, -0.1) is 0 Å². The zero-order valence-corrected chi connectivity index (χ0v) is 67.8. The van der Waals surface area contributed by atoms with Crippen molar-refractivity contribution in [1.29, 1.82) is 0 Å². The first kappa shape index (κ1) is 114. The summed E-state index contributed by atoms with van der Waals surface area (Å²) < 4.78 is 0. The van der Waals surface area contributed by atoms with Gasteiger partial charge in [0, 0.05) is 150 Å². The van der Waals surface area contributed by atoms with E-state index in [4.69, 9.17) is 22.3 Å². The average molecular weight is 1440 g/mol. The van der Waals surface area contributed by atoms with Crippen LogP contribution in [0.2, 0.25) is 0 Å². The molecule has 0 aromatic heterocycles. The van der Waals surface area contributed by atoms with Crippen LogP contribution in [0.15, 0.2) is 0 Å². The second-order valence-electron chi connectivity index (χ2n) is 20.8. The zero-order chi connectivity index (χ0) is 59.8. The van der Waals surface area contributed by atoms with Gasteiger partial charge in [-0.2, -0.15) is 59.3 Å². The Morgan fingerprint density at radius 3 is 0.938 bits per heavy atom. The molecule has 480 valence electrons. The van der Waals surface area contributed by atoms with Gasteiger partial charge in [-0.3, -0.25) is 4.79 Å². The van der Waals surface area contributed by atoms with Gasteiger partial charge in [-0.1, -0.05) is 240 Å². The summed E-state index contributed by atoms with van der Waals surface area (Å²) in [5.41, 5.74) is 16.2. The van der Waals surface area contributed by atoms with Gasteiger partial charge in [0.2, 0.25) is 0 Å². The summed E-state index contributed by atoms with van der Waals surface area (Å²) in [6.07, 6.45) is 55.9. The van der Waals surface area contributed by atoms with E-state index < -0.39 is 5.97 Å². The van der Waals surface area contributed by atoms with E-state index in [1.54, 1.807) is 13.8 Å². The summed E-state index contributed by atoms with van der Waals surface area (Å²) in [4.78, 5) is 30.3. The number of hydrogen-bond donors (Lipinski definition) is 4. The van der Waals surface area contributed by atoms with Crippen LogP contribution in [-0.4, -0.2) is 43.3 Å². The minimum absolute atomic E-state index is 0. The second kappa shape index (κ2) is 124. The van der Waals surface area contributed by atoms with E-state index in [1.165, 1.54) is 186 Å². The molecule has 0 spiro atoms. The van der Waals surface area contributed by atoms with Gasteiger partial charge in [0.1, 0.15) is 12.6 Å².